The minimum absolute atomic E-state index is 0. The van der Waals surface area contributed by atoms with Gasteiger partial charge in [0, 0.05) is 26.2 Å². The minimum atomic E-state index is -0.0869. The summed E-state index contributed by atoms with van der Waals surface area (Å²) in [5.41, 5.74) is 0.913. The fraction of sp³-hybridized carbons (Fsp3) is 0.333. The monoisotopic (exact) mass is 433 g/mol. The molecule has 1 fully saturated rings. The van der Waals surface area contributed by atoms with Crippen molar-refractivity contribution >= 4 is 45.0 Å². The summed E-state index contributed by atoms with van der Waals surface area (Å²) in [6, 6.07) is 17.4. The summed E-state index contributed by atoms with van der Waals surface area (Å²) in [6.45, 7) is 4.62. The maximum absolute atomic E-state index is 13.0. The highest BCUT2D eigenvalue weighted by molar-refractivity contribution is 7.22. The number of halogens is 1. The lowest BCUT2D eigenvalue weighted by Gasteiger charge is -2.29. The Balaban J connectivity index is 0.00000240. The molecule has 1 aliphatic heterocycles. The van der Waals surface area contributed by atoms with Gasteiger partial charge >= 0.3 is 0 Å². The van der Waals surface area contributed by atoms with Crippen LogP contribution < -0.4 is 9.64 Å². The molecule has 0 unspecified atom stereocenters. The number of nitrogens with zero attached hydrogens (tertiary/aromatic N) is 3. The normalized spacial score (nSPS) is 14.3. The summed E-state index contributed by atoms with van der Waals surface area (Å²) in [6.07, 6.45) is 0. The van der Waals surface area contributed by atoms with E-state index in [4.69, 9.17) is 9.47 Å². The van der Waals surface area contributed by atoms with Crippen LogP contribution in [0.2, 0.25) is 0 Å². The number of carbonyl (C=O) groups is 1. The van der Waals surface area contributed by atoms with Crippen molar-refractivity contribution in [2.75, 3.05) is 50.9 Å². The fourth-order valence-electron chi connectivity index (χ4n) is 3.11. The van der Waals surface area contributed by atoms with E-state index in [9.17, 15) is 4.79 Å². The maximum Gasteiger partial charge on any atom is 0.266 e. The number of rotatable bonds is 7. The predicted molar refractivity (Wildman–Crippen MR) is 118 cm³/mol. The first-order valence-electron chi connectivity index (χ1n) is 9.43. The quantitative estimate of drug-likeness (QED) is 0.571. The zero-order valence-electron chi connectivity index (χ0n) is 16.0. The molecule has 0 bridgehead atoms. The lowest BCUT2D eigenvalue weighted by atomic mass is 10.3. The van der Waals surface area contributed by atoms with E-state index in [1.54, 1.807) is 4.90 Å². The highest BCUT2D eigenvalue weighted by atomic mass is 35.5. The van der Waals surface area contributed by atoms with Gasteiger partial charge in [0.2, 0.25) is 0 Å². The van der Waals surface area contributed by atoms with Crippen LogP contribution in [0.25, 0.3) is 10.2 Å². The lowest BCUT2D eigenvalue weighted by molar-refractivity contribution is -0.120. The minimum Gasteiger partial charge on any atom is -0.484 e. The van der Waals surface area contributed by atoms with Crippen LogP contribution >= 0.6 is 23.7 Å². The number of morpholine rings is 1. The second kappa shape index (κ2) is 10.5. The lowest BCUT2D eigenvalue weighted by Crippen LogP contribution is -2.44. The van der Waals surface area contributed by atoms with Gasteiger partial charge in [-0.3, -0.25) is 14.6 Å². The molecule has 0 aliphatic carbocycles. The number of hydrogen-bond donors (Lipinski definition) is 0. The van der Waals surface area contributed by atoms with Crippen molar-refractivity contribution in [1.29, 1.82) is 0 Å². The molecule has 4 rings (SSSR count). The number of benzene rings is 2. The average Bonchev–Trinajstić information content (AvgIpc) is 3.18. The number of para-hydroxylation sites is 2. The van der Waals surface area contributed by atoms with Crippen molar-refractivity contribution in [1.82, 2.24) is 9.88 Å². The van der Waals surface area contributed by atoms with Crippen LogP contribution in [-0.2, 0) is 9.53 Å². The van der Waals surface area contributed by atoms with E-state index in [0.29, 0.717) is 12.3 Å². The van der Waals surface area contributed by atoms with E-state index < -0.39 is 0 Å². The van der Waals surface area contributed by atoms with Gasteiger partial charge in [0.15, 0.2) is 11.7 Å². The first kappa shape index (κ1) is 21.5. The van der Waals surface area contributed by atoms with Crippen LogP contribution in [0.4, 0.5) is 5.13 Å². The first-order chi connectivity index (χ1) is 13.8. The molecule has 1 saturated heterocycles. The number of anilines is 1. The topological polar surface area (TPSA) is 54.9 Å². The molecule has 0 atom stereocenters. The van der Waals surface area contributed by atoms with E-state index in [1.807, 2.05) is 54.6 Å². The van der Waals surface area contributed by atoms with Crippen LogP contribution in [0.1, 0.15) is 0 Å². The van der Waals surface area contributed by atoms with Gasteiger partial charge in [0.1, 0.15) is 5.75 Å². The molecule has 2 aromatic carbocycles. The average molecular weight is 434 g/mol. The Morgan fingerprint density at radius 2 is 1.83 bits per heavy atom. The van der Waals surface area contributed by atoms with Gasteiger partial charge in [-0.25, -0.2) is 4.98 Å². The predicted octanol–water partition coefficient (Wildman–Crippen LogP) is 3.46. The number of fused-ring (bicyclic) bond motifs is 1. The second-order valence-corrected chi connectivity index (χ2v) is 7.57. The van der Waals surface area contributed by atoms with E-state index in [2.05, 4.69) is 9.88 Å². The van der Waals surface area contributed by atoms with Crippen LogP contribution in [-0.4, -0.2) is 61.8 Å². The van der Waals surface area contributed by atoms with E-state index in [-0.39, 0.29) is 24.9 Å². The molecular weight excluding hydrogens is 410 g/mol. The smallest absolute Gasteiger partial charge is 0.266 e. The Morgan fingerprint density at radius 1 is 1.10 bits per heavy atom. The number of carbonyl (C=O) groups excluding carboxylic acids is 1. The molecule has 1 amide bonds. The highest BCUT2D eigenvalue weighted by Gasteiger charge is 2.22. The van der Waals surface area contributed by atoms with Crippen molar-refractivity contribution in [2.45, 2.75) is 0 Å². The first-order valence-corrected chi connectivity index (χ1v) is 10.2. The van der Waals surface area contributed by atoms with Gasteiger partial charge in [-0.2, -0.15) is 0 Å². The van der Waals surface area contributed by atoms with E-state index in [1.165, 1.54) is 11.3 Å². The van der Waals surface area contributed by atoms with Crippen molar-refractivity contribution in [3.63, 3.8) is 0 Å². The largest absolute Gasteiger partial charge is 0.484 e. The number of hydrogen-bond acceptors (Lipinski definition) is 6. The molecule has 1 aromatic heterocycles. The second-order valence-electron chi connectivity index (χ2n) is 6.57. The molecule has 0 N–H and O–H groups in total. The maximum atomic E-state index is 13.0. The van der Waals surface area contributed by atoms with Crippen molar-refractivity contribution in [3.05, 3.63) is 54.6 Å². The molecule has 8 heteroatoms. The van der Waals surface area contributed by atoms with Gasteiger partial charge in [0.05, 0.1) is 23.4 Å². The summed E-state index contributed by atoms with van der Waals surface area (Å²) in [5, 5.41) is 0.719. The Bertz CT molecular complexity index is 883. The Morgan fingerprint density at radius 3 is 2.59 bits per heavy atom. The van der Waals surface area contributed by atoms with Crippen LogP contribution in [0.5, 0.6) is 5.75 Å². The van der Waals surface area contributed by atoms with Crippen LogP contribution in [0.3, 0.4) is 0 Å². The Kier molecular flexibility index (Phi) is 7.83. The van der Waals surface area contributed by atoms with E-state index >= 15 is 0 Å². The van der Waals surface area contributed by atoms with Gasteiger partial charge in [-0.1, -0.05) is 41.7 Å². The van der Waals surface area contributed by atoms with Gasteiger partial charge < -0.3 is 9.47 Å². The summed E-state index contributed by atoms with van der Waals surface area (Å²) in [4.78, 5) is 21.7. The molecule has 1 aliphatic rings. The van der Waals surface area contributed by atoms with Gasteiger partial charge in [0.25, 0.3) is 5.91 Å². The summed E-state index contributed by atoms with van der Waals surface area (Å²) < 4.78 is 12.2. The van der Waals surface area contributed by atoms with Crippen molar-refractivity contribution < 1.29 is 14.3 Å². The molecule has 2 heterocycles. The number of ether oxygens (including phenoxy) is 2. The molecule has 3 aromatic rings. The van der Waals surface area contributed by atoms with Gasteiger partial charge in [-0.15, -0.1) is 12.4 Å². The Labute approximate surface area is 180 Å². The molecule has 154 valence electrons. The summed E-state index contributed by atoms with van der Waals surface area (Å²) in [7, 11) is 0. The zero-order chi connectivity index (χ0) is 19.2. The number of aromatic nitrogens is 1. The van der Waals surface area contributed by atoms with Crippen molar-refractivity contribution in [3.8, 4) is 5.75 Å². The number of thiazole rings is 1. The summed E-state index contributed by atoms with van der Waals surface area (Å²) in [5.74, 6) is 0.601. The zero-order valence-corrected chi connectivity index (χ0v) is 17.7. The fourth-order valence-corrected chi connectivity index (χ4v) is 4.12. The standard InChI is InChI=1S/C21H23N3O3S.ClH/c25-20(16-27-17-6-2-1-3-7-17)24(11-10-23-12-14-26-15-13-23)21-22-18-8-4-5-9-19(18)28-21;/h1-9H,10-16H2;1H. The third-order valence-corrected chi connectivity index (χ3v) is 5.72. The highest BCUT2D eigenvalue weighted by Crippen LogP contribution is 2.28. The molecular formula is C21H24ClN3O3S. The number of amides is 1. The molecule has 29 heavy (non-hydrogen) atoms. The van der Waals surface area contributed by atoms with Crippen LogP contribution in [0, 0.1) is 0 Å². The molecule has 0 spiro atoms. The van der Waals surface area contributed by atoms with E-state index in [0.717, 1.165) is 48.2 Å². The SMILES string of the molecule is Cl.O=C(COc1ccccc1)N(CCN1CCOCC1)c1nc2ccccc2s1. The summed E-state index contributed by atoms with van der Waals surface area (Å²) >= 11 is 1.54. The van der Waals surface area contributed by atoms with Crippen molar-refractivity contribution in [2.24, 2.45) is 0 Å². The molecule has 6 nitrogen and oxygen atoms in total. The van der Waals surface area contributed by atoms with Crippen LogP contribution in [0.15, 0.2) is 54.6 Å². The van der Waals surface area contributed by atoms with Gasteiger partial charge in [-0.05, 0) is 24.3 Å². The molecule has 0 saturated carbocycles. The third kappa shape index (κ3) is 5.67. The molecule has 0 radical (unpaired) electrons. The Hall–Kier alpha value is -2.19. The third-order valence-electron chi connectivity index (χ3n) is 4.66.